The number of nitrogens with zero attached hydrogens (tertiary/aromatic N) is 1. The fourth-order valence-electron chi connectivity index (χ4n) is 4.29. The van der Waals surface area contributed by atoms with Gasteiger partial charge in [0.1, 0.15) is 0 Å². The van der Waals surface area contributed by atoms with Crippen LogP contribution in [0, 0.1) is 11.3 Å². The van der Waals surface area contributed by atoms with Crippen molar-refractivity contribution in [1.82, 2.24) is 4.90 Å². The van der Waals surface area contributed by atoms with Crippen molar-refractivity contribution >= 4 is 0 Å². The van der Waals surface area contributed by atoms with Crippen molar-refractivity contribution in [1.29, 1.82) is 0 Å². The summed E-state index contributed by atoms with van der Waals surface area (Å²) in [6.45, 7) is 6.35. The molecule has 1 heteroatoms. The van der Waals surface area contributed by atoms with Crippen molar-refractivity contribution in [2.45, 2.75) is 51.1 Å². The van der Waals surface area contributed by atoms with Gasteiger partial charge in [0.2, 0.25) is 0 Å². The molecule has 4 unspecified atom stereocenters. The van der Waals surface area contributed by atoms with Crippen molar-refractivity contribution in [3.8, 4) is 0 Å². The number of likely N-dealkylation sites (N-methyl/N-ethyl adjacent to an activating group) is 1. The molecule has 0 aromatic rings. The molecule has 3 aliphatic rings. The van der Waals surface area contributed by atoms with E-state index in [1.807, 2.05) is 0 Å². The molecule has 1 saturated heterocycles. The van der Waals surface area contributed by atoms with Crippen molar-refractivity contribution < 1.29 is 0 Å². The van der Waals surface area contributed by atoms with Crippen LogP contribution in [-0.4, -0.2) is 24.0 Å². The van der Waals surface area contributed by atoms with E-state index in [4.69, 9.17) is 0 Å². The van der Waals surface area contributed by atoms with Gasteiger partial charge < -0.3 is 0 Å². The molecule has 0 aromatic carbocycles. The molecule has 3 fully saturated rings. The van der Waals surface area contributed by atoms with Gasteiger partial charge in [0, 0.05) is 12.1 Å². The fourth-order valence-corrected chi connectivity index (χ4v) is 4.29. The Bertz CT molecular complexity index is 279. The van der Waals surface area contributed by atoms with E-state index in [-0.39, 0.29) is 0 Å². The Morgan fingerprint density at radius 1 is 1.36 bits per heavy atom. The molecule has 0 bridgehead atoms. The molecule has 1 nitrogen and oxygen atoms in total. The molecular formula is C13H21N. The van der Waals surface area contributed by atoms with Gasteiger partial charge in [-0.2, -0.15) is 0 Å². The van der Waals surface area contributed by atoms with E-state index >= 15 is 0 Å². The van der Waals surface area contributed by atoms with Crippen LogP contribution in [0.1, 0.15) is 39.0 Å². The fraction of sp³-hybridized carbons (Fsp3) is 0.846. The second kappa shape index (κ2) is 2.63. The first-order valence-electron chi connectivity index (χ1n) is 6.02. The van der Waals surface area contributed by atoms with Gasteiger partial charge in [-0.1, -0.05) is 12.2 Å². The van der Waals surface area contributed by atoms with E-state index in [0.717, 1.165) is 17.4 Å². The van der Waals surface area contributed by atoms with Gasteiger partial charge in [-0.3, -0.25) is 4.90 Å². The molecule has 78 valence electrons. The molecule has 1 heterocycles. The first-order valence-corrected chi connectivity index (χ1v) is 6.02. The molecule has 0 amide bonds. The maximum absolute atomic E-state index is 4.15. The van der Waals surface area contributed by atoms with Gasteiger partial charge in [-0.15, -0.1) is 0 Å². The maximum Gasteiger partial charge on any atom is 0.0305 e. The molecular weight excluding hydrogens is 170 g/mol. The van der Waals surface area contributed by atoms with E-state index in [2.05, 4.69) is 25.5 Å². The van der Waals surface area contributed by atoms with Crippen LogP contribution in [0.25, 0.3) is 0 Å². The molecule has 0 aromatic heterocycles. The van der Waals surface area contributed by atoms with Crippen molar-refractivity contribution in [3.05, 3.63) is 12.2 Å². The highest BCUT2D eigenvalue weighted by atomic mass is 15.2. The second-order valence-electron chi connectivity index (χ2n) is 5.79. The summed E-state index contributed by atoms with van der Waals surface area (Å²) >= 11 is 0. The highest BCUT2D eigenvalue weighted by Crippen LogP contribution is 2.65. The number of hydrogen-bond donors (Lipinski definition) is 0. The highest BCUT2D eigenvalue weighted by molar-refractivity contribution is 5.19. The monoisotopic (exact) mass is 191 g/mol. The van der Waals surface area contributed by atoms with Crippen LogP contribution in [0.5, 0.6) is 0 Å². The number of piperidine rings is 1. The highest BCUT2D eigenvalue weighted by Gasteiger charge is 2.62. The lowest BCUT2D eigenvalue weighted by Gasteiger charge is -2.69. The summed E-state index contributed by atoms with van der Waals surface area (Å²) < 4.78 is 0. The topological polar surface area (TPSA) is 3.24 Å². The summed E-state index contributed by atoms with van der Waals surface area (Å²) in [5.74, 6) is 1.04. The minimum absolute atomic E-state index is 0.679. The van der Waals surface area contributed by atoms with E-state index in [0.29, 0.717) is 6.04 Å². The normalized spacial score (nSPS) is 51.1. The summed E-state index contributed by atoms with van der Waals surface area (Å²) in [5, 5.41) is 0. The second-order valence-corrected chi connectivity index (χ2v) is 5.79. The molecule has 1 aliphatic heterocycles. The summed E-state index contributed by atoms with van der Waals surface area (Å²) in [7, 11) is 2.32. The summed E-state index contributed by atoms with van der Waals surface area (Å²) in [4.78, 5) is 2.63. The van der Waals surface area contributed by atoms with E-state index in [1.54, 1.807) is 0 Å². The molecule has 3 rings (SSSR count). The predicted molar refractivity (Wildman–Crippen MR) is 59.2 cm³/mol. The Labute approximate surface area is 87.2 Å². The standard InChI is InChI=1S/C13H21N/c1-9(2)11-8-10-4-6-13(10)7-5-12(13)14(11)3/h10-12H,1,4-8H2,2-3H3. The lowest BCUT2D eigenvalue weighted by molar-refractivity contribution is -0.175. The average Bonchev–Trinajstić information content (AvgIpc) is 1.98. The summed E-state index contributed by atoms with van der Waals surface area (Å²) in [6.07, 6.45) is 7.35. The first-order chi connectivity index (χ1) is 6.65. The molecule has 14 heavy (non-hydrogen) atoms. The van der Waals surface area contributed by atoms with Gasteiger partial charge in [0.25, 0.3) is 0 Å². The Hall–Kier alpha value is -0.300. The Morgan fingerprint density at radius 3 is 2.50 bits per heavy atom. The zero-order valence-corrected chi connectivity index (χ0v) is 9.42. The average molecular weight is 191 g/mol. The lowest BCUT2D eigenvalue weighted by Crippen LogP contribution is -2.68. The third-order valence-corrected chi connectivity index (χ3v) is 5.38. The van der Waals surface area contributed by atoms with Crippen LogP contribution in [0.2, 0.25) is 0 Å². The molecule has 2 saturated carbocycles. The van der Waals surface area contributed by atoms with Gasteiger partial charge in [-0.25, -0.2) is 0 Å². The molecule has 4 atom stereocenters. The maximum atomic E-state index is 4.15. The number of likely N-dealkylation sites (tertiary alicyclic amines) is 1. The largest absolute Gasteiger partial charge is 0.296 e. The zero-order chi connectivity index (χ0) is 9.92. The number of hydrogen-bond acceptors (Lipinski definition) is 1. The molecule has 0 radical (unpaired) electrons. The third kappa shape index (κ3) is 0.850. The molecule has 0 N–H and O–H groups in total. The third-order valence-electron chi connectivity index (χ3n) is 5.38. The van der Waals surface area contributed by atoms with E-state index in [1.165, 1.54) is 37.7 Å². The van der Waals surface area contributed by atoms with Gasteiger partial charge >= 0.3 is 0 Å². The van der Waals surface area contributed by atoms with Gasteiger partial charge in [0.15, 0.2) is 0 Å². The SMILES string of the molecule is C=C(C)C1CC2CCC23CCC3N1C. The van der Waals surface area contributed by atoms with Crippen LogP contribution in [-0.2, 0) is 0 Å². The summed E-state index contributed by atoms with van der Waals surface area (Å²) in [5.41, 5.74) is 2.15. The van der Waals surface area contributed by atoms with Crippen LogP contribution in [0.4, 0.5) is 0 Å². The van der Waals surface area contributed by atoms with Gasteiger partial charge in [-0.05, 0) is 57.4 Å². The van der Waals surface area contributed by atoms with Crippen molar-refractivity contribution in [3.63, 3.8) is 0 Å². The van der Waals surface area contributed by atoms with E-state index in [9.17, 15) is 0 Å². The zero-order valence-electron chi connectivity index (χ0n) is 9.42. The Morgan fingerprint density at radius 2 is 2.07 bits per heavy atom. The van der Waals surface area contributed by atoms with Crippen molar-refractivity contribution in [2.24, 2.45) is 11.3 Å². The van der Waals surface area contributed by atoms with Crippen LogP contribution >= 0.6 is 0 Å². The first kappa shape index (κ1) is 8.96. The minimum Gasteiger partial charge on any atom is -0.296 e. The minimum atomic E-state index is 0.679. The van der Waals surface area contributed by atoms with Crippen molar-refractivity contribution in [2.75, 3.05) is 7.05 Å². The van der Waals surface area contributed by atoms with Crippen LogP contribution in [0.15, 0.2) is 12.2 Å². The summed E-state index contributed by atoms with van der Waals surface area (Å²) in [6, 6.07) is 1.58. The van der Waals surface area contributed by atoms with Crippen LogP contribution < -0.4 is 0 Å². The van der Waals surface area contributed by atoms with Crippen LogP contribution in [0.3, 0.4) is 0 Å². The van der Waals surface area contributed by atoms with E-state index < -0.39 is 0 Å². The number of rotatable bonds is 1. The predicted octanol–water partition coefficient (Wildman–Crippen LogP) is 2.83. The quantitative estimate of drug-likeness (QED) is 0.576. The van der Waals surface area contributed by atoms with Gasteiger partial charge in [0.05, 0.1) is 0 Å². The lowest BCUT2D eigenvalue weighted by atomic mass is 9.44. The molecule has 1 spiro atoms. The Balaban J connectivity index is 1.86. The molecule has 2 aliphatic carbocycles. The Kier molecular flexibility index (Phi) is 1.69. The smallest absolute Gasteiger partial charge is 0.0305 e.